The Bertz CT molecular complexity index is 902. The average Bonchev–Trinajstić information content (AvgIpc) is 2.69. The van der Waals surface area contributed by atoms with Crippen molar-refractivity contribution in [3.05, 3.63) is 78.1 Å². The van der Waals surface area contributed by atoms with Gasteiger partial charge in [-0.3, -0.25) is 14.7 Å². The largest absolute Gasteiger partial charge is 0.481 e. The Labute approximate surface area is 153 Å². The number of hydrogen-bond acceptors (Lipinski definition) is 3. The van der Waals surface area contributed by atoms with Crippen LogP contribution in [0.25, 0.3) is 10.8 Å². The fourth-order valence-corrected chi connectivity index (χ4v) is 3.93. The molecule has 0 radical (unpaired) electrons. The minimum absolute atomic E-state index is 0.100. The van der Waals surface area contributed by atoms with E-state index in [2.05, 4.69) is 58.4 Å². The maximum absolute atomic E-state index is 11.3. The third kappa shape index (κ3) is 3.33. The van der Waals surface area contributed by atoms with Crippen LogP contribution in [0.3, 0.4) is 0 Å². The summed E-state index contributed by atoms with van der Waals surface area (Å²) in [6, 6.07) is 19.1. The molecule has 1 aromatic heterocycles. The van der Waals surface area contributed by atoms with E-state index in [4.69, 9.17) is 0 Å². The summed E-state index contributed by atoms with van der Waals surface area (Å²) < 4.78 is 0. The van der Waals surface area contributed by atoms with Gasteiger partial charge in [-0.05, 0) is 60.0 Å². The number of carbonyl (C=O) groups is 1. The average molecular weight is 346 g/mol. The molecule has 1 aliphatic rings. The molecule has 132 valence electrons. The van der Waals surface area contributed by atoms with Crippen molar-refractivity contribution in [2.45, 2.75) is 18.9 Å². The Balaban J connectivity index is 1.70. The predicted molar refractivity (Wildman–Crippen MR) is 102 cm³/mol. The second kappa shape index (κ2) is 7.26. The van der Waals surface area contributed by atoms with Crippen LogP contribution in [0.1, 0.15) is 30.0 Å². The fourth-order valence-electron chi connectivity index (χ4n) is 3.93. The lowest BCUT2D eigenvalue weighted by Crippen LogP contribution is -2.39. The van der Waals surface area contributed by atoms with Gasteiger partial charge in [0.05, 0.1) is 12.0 Å². The number of rotatable bonds is 4. The molecule has 1 atom stereocenters. The zero-order chi connectivity index (χ0) is 17.9. The highest BCUT2D eigenvalue weighted by molar-refractivity contribution is 5.83. The first-order valence-electron chi connectivity index (χ1n) is 9.08. The van der Waals surface area contributed by atoms with E-state index in [9.17, 15) is 9.90 Å². The molecule has 1 saturated heterocycles. The number of piperidine rings is 1. The van der Waals surface area contributed by atoms with Crippen LogP contribution in [-0.2, 0) is 4.79 Å². The number of benzene rings is 2. The summed E-state index contributed by atoms with van der Waals surface area (Å²) in [6.07, 6.45) is 5.10. The zero-order valence-corrected chi connectivity index (χ0v) is 14.6. The fraction of sp³-hybridized carbons (Fsp3) is 0.273. The van der Waals surface area contributed by atoms with Crippen LogP contribution in [0.15, 0.2) is 67.0 Å². The Morgan fingerprint density at radius 1 is 1.00 bits per heavy atom. The highest BCUT2D eigenvalue weighted by atomic mass is 16.4. The van der Waals surface area contributed by atoms with Gasteiger partial charge in [-0.15, -0.1) is 0 Å². The predicted octanol–water partition coefficient (Wildman–Crippen LogP) is 4.12. The second-order valence-electron chi connectivity index (χ2n) is 6.94. The van der Waals surface area contributed by atoms with E-state index in [1.807, 2.05) is 12.3 Å². The minimum Gasteiger partial charge on any atom is -0.481 e. The molecule has 2 aromatic carbocycles. The number of carboxylic acids is 1. The summed E-state index contributed by atoms with van der Waals surface area (Å²) in [5, 5.41) is 11.7. The second-order valence-corrected chi connectivity index (χ2v) is 6.94. The van der Waals surface area contributed by atoms with E-state index in [1.165, 1.54) is 16.3 Å². The molecular weight excluding hydrogens is 324 g/mol. The number of aliphatic carboxylic acids is 1. The summed E-state index contributed by atoms with van der Waals surface area (Å²) in [7, 11) is 0. The standard InChI is InChI=1S/C22H22N2O2/c25-22(26)17-9-12-24(13-10-17)21(20-6-3-11-23-15-20)19-8-7-16-4-1-2-5-18(16)14-19/h1-8,11,14-15,17,21H,9-10,12-13H2,(H,25,26). The van der Waals surface area contributed by atoms with Gasteiger partial charge < -0.3 is 5.11 Å². The molecule has 3 aromatic rings. The SMILES string of the molecule is O=C(O)C1CCN(C(c2cccnc2)c2ccc3ccccc3c2)CC1. The van der Waals surface area contributed by atoms with Gasteiger partial charge >= 0.3 is 5.97 Å². The number of pyridine rings is 1. The summed E-state index contributed by atoms with van der Waals surface area (Å²) in [5.41, 5.74) is 2.38. The molecule has 1 unspecified atom stereocenters. The third-order valence-electron chi connectivity index (χ3n) is 5.33. The number of carboxylic acid groups (broad SMARTS) is 1. The van der Waals surface area contributed by atoms with E-state index in [-0.39, 0.29) is 12.0 Å². The number of fused-ring (bicyclic) bond motifs is 1. The molecule has 4 nitrogen and oxygen atoms in total. The number of hydrogen-bond donors (Lipinski definition) is 1. The van der Waals surface area contributed by atoms with Gasteiger partial charge in [0.25, 0.3) is 0 Å². The van der Waals surface area contributed by atoms with Crippen LogP contribution >= 0.6 is 0 Å². The Kier molecular flexibility index (Phi) is 4.67. The molecule has 4 rings (SSSR count). The minimum atomic E-state index is -0.673. The zero-order valence-electron chi connectivity index (χ0n) is 14.6. The third-order valence-corrected chi connectivity index (χ3v) is 5.33. The normalized spacial score (nSPS) is 17.2. The molecule has 26 heavy (non-hydrogen) atoms. The Morgan fingerprint density at radius 3 is 2.46 bits per heavy atom. The summed E-state index contributed by atoms with van der Waals surface area (Å²) in [6.45, 7) is 1.56. The molecule has 2 heterocycles. The number of nitrogens with zero attached hydrogens (tertiary/aromatic N) is 2. The topological polar surface area (TPSA) is 53.4 Å². The van der Waals surface area contributed by atoms with Gasteiger partial charge in [0.1, 0.15) is 0 Å². The molecule has 4 heteroatoms. The van der Waals surface area contributed by atoms with Gasteiger partial charge in [-0.25, -0.2) is 0 Å². The number of likely N-dealkylation sites (tertiary alicyclic amines) is 1. The maximum atomic E-state index is 11.3. The van der Waals surface area contributed by atoms with Crippen molar-refractivity contribution >= 4 is 16.7 Å². The monoisotopic (exact) mass is 346 g/mol. The van der Waals surface area contributed by atoms with Crippen molar-refractivity contribution in [3.63, 3.8) is 0 Å². The van der Waals surface area contributed by atoms with E-state index >= 15 is 0 Å². The van der Waals surface area contributed by atoms with Crippen molar-refractivity contribution in [1.29, 1.82) is 0 Å². The van der Waals surface area contributed by atoms with Crippen molar-refractivity contribution in [3.8, 4) is 0 Å². The van der Waals surface area contributed by atoms with E-state index in [1.54, 1.807) is 6.20 Å². The van der Waals surface area contributed by atoms with Gasteiger partial charge in [0.15, 0.2) is 0 Å². The van der Waals surface area contributed by atoms with Crippen LogP contribution < -0.4 is 0 Å². The maximum Gasteiger partial charge on any atom is 0.306 e. The first-order valence-corrected chi connectivity index (χ1v) is 9.08. The summed E-state index contributed by atoms with van der Waals surface area (Å²) >= 11 is 0. The molecule has 1 N–H and O–H groups in total. The summed E-state index contributed by atoms with van der Waals surface area (Å²) in [5.74, 6) is -0.898. The van der Waals surface area contributed by atoms with Crippen LogP contribution in [0.4, 0.5) is 0 Å². The van der Waals surface area contributed by atoms with E-state index in [0.717, 1.165) is 18.7 Å². The lowest BCUT2D eigenvalue weighted by molar-refractivity contribution is -0.143. The molecule has 1 aliphatic heterocycles. The van der Waals surface area contributed by atoms with Gasteiger partial charge in [0, 0.05) is 12.4 Å². The Morgan fingerprint density at radius 2 is 1.77 bits per heavy atom. The van der Waals surface area contributed by atoms with E-state index in [0.29, 0.717) is 12.8 Å². The Hall–Kier alpha value is -2.72. The highest BCUT2D eigenvalue weighted by Gasteiger charge is 2.30. The van der Waals surface area contributed by atoms with Crippen LogP contribution in [0.5, 0.6) is 0 Å². The first kappa shape index (κ1) is 16.7. The van der Waals surface area contributed by atoms with Gasteiger partial charge in [0.2, 0.25) is 0 Å². The van der Waals surface area contributed by atoms with Crippen molar-refractivity contribution in [1.82, 2.24) is 9.88 Å². The summed E-state index contributed by atoms with van der Waals surface area (Å²) in [4.78, 5) is 18.0. The highest BCUT2D eigenvalue weighted by Crippen LogP contribution is 2.33. The van der Waals surface area contributed by atoms with Gasteiger partial charge in [-0.2, -0.15) is 0 Å². The molecule has 0 bridgehead atoms. The smallest absolute Gasteiger partial charge is 0.306 e. The van der Waals surface area contributed by atoms with Gasteiger partial charge in [-0.1, -0.05) is 42.5 Å². The lowest BCUT2D eigenvalue weighted by atomic mass is 9.91. The molecule has 0 spiro atoms. The van der Waals surface area contributed by atoms with Crippen molar-refractivity contribution < 1.29 is 9.90 Å². The quantitative estimate of drug-likeness (QED) is 0.772. The van der Waals surface area contributed by atoms with Crippen molar-refractivity contribution in [2.24, 2.45) is 5.92 Å². The van der Waals surface area contributed by atoms with Crippen LogP contribution in [0, 0.1) is 5.92 Å². The van der Waals surface area contributed by atoms with Crippen LogP contribution in [0.2, 0.25) is 0 Å². The molecule has 0 saturated carbocycles. The molecular formula is C22H22N2O2. The molecule has 0 amide bonds. The molecule has 1 fully saturated rings. The first-order chi connectivity index (χ1) is 12.7. The van der Waals surface area contributed by atoms with Crippen molar-refractivity contribution in [2.75, 3.05) is 13.1 Å². The molecule has 0 aliphatic carbocycles. The van der Waals surface area contributed by atoms with Crippen LogP contribution in [-0.4, -0.2) is 34.0 Å². The lowest BCUT2D eigenvalue weighted by Gasteiger charge is -2.37. The van der Waals surface area contributed by atoms with E-state index < -0.39 is 5.97 Å². The number of aromatic nitrogens is 1.